The van der Waals surface area contributed by atoms with Crippen LogP contribution in [0.4, 0.5) is 10.6 Å². The first-order valence-electron chi connectivity index (χ1n) is 5.13. The van der Waals surface area contributed by atoms with Crippen LogP contribution >= 0.6 is 11.8 Å². The van der Waals surface area contributed by atoms with Gasteiger partial charge in [0.1, 0.15) is 11.2 Å². The van der Waals surface area contributed by atoms with E-state index < -0.39 is 6.09 Å². The molecule has 2 aromatic heterocycles. The maximum Gasteiger partial charge on any atom is 0.436 e. The highest BCUT2D eigenvalue weighted by molar-refractivity contribution is 7.99. The second kappa shape index (κ2) is 3.73. The summed E-state index contributed by atoms with van der Waals surface area (Å²) in [6.45, 7) is 0.588. The molecule has 0 bridgehead atoms. The number of rotatable bonds is 0. The van der Waals surface area contributed by atoms with Crippen molar-refractivity contribution >= 4 is 34.7 Å². The first-order valence-corrected chi connectivity index (χ1v) is 6.12. The number of nitrogens with two attached hydrogens (primary N) is 1. The zero-order chi connectivity index (χ0) is 12.9. The standard InChI is InChI=1S/C9H9N5O3S/c1-17-9(16)14-5(10)4-6(12-14)11-8-13(7(4)15)2-3-18-8/h2-3,10H2,1H3. The Hall–Kier alpha value is -2.03. The van der Waals surface area contributed by atoms with E-state index in [1.54, 1.807) is 0 Å². The van der Waals surface area contributed by atoms with Gasteiger partial charge in [-0.2, -0.15) is 0 Å². The molecule has 0 aromatic carbocycles. The summed E-state index contributed by atoms with van der Waals surface area (Å²) in [5, 5.41) is 4.66. The van der Waals surface area contributed by atoms with E-state index in [0.717, 1.165) is 10.4 Å². The van der Waals surface area contributed by atoms with Crippen molar-refractivity contribution in [1.82, 2.24) is 19.3 Å². The van der Waals surface area contributed by atoms with Crippen molar-refractivity contribution in [2.45, 2.75) is 11.7 Å². The Morgan fingerprint density at radius 3 is 3.06 bits per heavy atom. The number of hydrogen-bond acceptors (Lipinski definition) is 7. The van der Waals surface area contributed by atoms with Gasteiger partial charge in [0.2, 0.25) is 0 Å². The minimum atomic E-state index is -0.747. The first kappa shape index (κ1) is 11.1. The Balaban J connectivity index is 2.36. The number of carbonyl (C=O) groups is 1. The maximum atomic E-state index is 12.2. The molecular formula is C9H9N5O3S. The van der Waals surface area contributed by atoms with Crippen LogP contribution in [-0.4, -0.2) is 38.3 Å². The molecule has 0 amide bonds. The lowest BCUT2D eigenvalue weighted by molar-refractivity contribution is 0.170. The molecule has 0 spiro atoms. The summed E-state index contributed by atoms with van der Waals surface area (Å²) in [6.07, 6.45) is -0.747. The molecule has 3 rings (SSSR count). The summed E-state index contributed by atoms with van der Waals surface area (Å²) < 4.78 is 6.91. The number of fused-ring (bicyclic) bond motifs is 2. The van der Waals surface area contributed by atoms with Gasteiger partial charge in [-0.05, 0) is 0 Å². The van der Waals surface area contributed by atoms with Crippen LogP contribution in [0.5, 0.6) is 0 Å². The Morgan fingerprint density at radius 2 is 2.33 bits per heavy atom. The van der Waals surface area contributed by atoms with Gasteiger partial charge in [0.25, 0.3) is 5.56 Å². The number of methoxy groups -OCH3 is 1. The van der Waals surface area contributed by atoms with E-state index >= 15 is 0 Å². The van der Waals surface area contributed by atoms with Crippen molar-refractivity contribution in [3.63, 3.8) is 0 Å². The third kappa shape index (κ3) is 1.33. The quantitative estimate of drug-likeness (QED) is 0.664. The van der Waals surface area contributed by atoms with Crippen LogP contribution < -0.4 is 11.3 Å². The van der Waals surface area contributed by atoms with Crippen LogP contribution in [0.25, 0.3) is 11.0 Å². The molecule has 0 saturated heterocycles. The lowest BCUT2D eigenvalue weighted by Crippen LogP contribution is -2.21. The van der Waals surface area contributed by atoms with Crippen molar-refractivity contribution < 1.29 is 9.53 Å². The van der Waals surface area contributed by atoms with Crippen molar-refractivity contribution in [2.75, 3.05) is 18.6 Å². The number of anilines is 1. The molecule has 18 heavy (non-hydrogen) atoms. The summed E-state index contributed by atoms with van der Waals surface area (Å²) in [7, 11) is 1.21. The van der Waals surface area contributed by atoms with Gasteiger partial charge in [0, 0.05) is 12.3 Å². The van der Waals surface area contributed by atoms with Gasteiger partial charge in [-0.3, -0.25) is 9.36 Å². The Morgan fingerprint density at radius 1 is 1.56 bits per heavy atom. The van der Waals surface area contributed by atoms with Crippen LogP contribution in [0.15, 0.2) is 9.95 Å². The van der Waals surface area contributed by atoms with E-state index in [9.17, 15) is 9.59 Å². The predicted octanol–water partition coefficient (Wildman–Crippen LogP) is -0.105. The highest BCUT2D eigenvalue weighted by Crippen LogP contribution is 2.24. The SMILES string of the molecule is COC(=O)n1nc2nc3n(c(=O)c2c1N)CCS3. The zero-order valence-electron chi connectivity index (χ0n) is 9.41. The molecule has 0 unspecified atom stereocenters. The molecule has 0 atom stereocenters. The number of carbonyl (C=O) groups excluding carboxylic acids is 1. The number of ether oxygens (including phenoxy) is 1. The number of nitrogen functional groups attached to an aromatic ring is 1. The fourth-order valence-corrected chi connectivity index (χ4v) is 2.77. The summed E-state index contributed by atoms with van der Waals surface area (Å²) in [4.78, 5) is 27.8. The molecule has 2 N–H and O–H groups in total. The van der Waals surface area contributed by atoms with Crippen molar-refractivity contribution in [1.29, 1.82) is 0 Å². The van der Waals surface area contributed by atoms with Crippen LogP contribution in [0.1, 0.15) is 0 Å². The zero-order valence-corrected chi connectivity index (χ0v) is 10.2. The van der Waals surface area contributed by atoms with Crippen LogP contribution in [0.3, 0.4) is 0 Å². The Labute approximate surface area is 105 Å². The second-order valence-corrected chi connectivity index (χ2v) is 4.73. The van der Waals surface area contributed by atoms with Crippen molar-refractivity contribution in [3.05, 3.63) is 10.4 Å². The van der Waals surface area contributed by atoms with Gasteiger partial charge in [0.05, 0.1) is 7.11 Å². The van der Waals surface area contributed by atoms with Gasteiger partial charge in [0.15, 0.2) is 10.8 Å². The fraction of sp³-hybridized carbons (Fsp3) is 0.333. The third-order valence-electron chi connectivity index (χ3n) is 2.69. The van der Waals surface area contributed by atoms with Gasteiger partial charge in [-0.15, -0.1) is 9.78 Å². The van der Waals surface area contributed by atoms with E-state index in [-0.39, 0.29) is 22.4 Å². The Bertz CT molecular complexity index is 719. The second-order valence-electron chi connectivity index (χ2n) is 3.67. The molecule has 3 heterocycles. The summed E-state index contributed by atoms with van der Waals surface area (Å²) in [5.74, 6) is 0.757. The van der Waals surface area contributed by atoms with Crippen LogP contribution in [0.2, 0.25) is 0 Å². The lowest BCUT2D eigenvalue weighted by atomic mass is 10.4. The van der Waals surface area contributed by atoms with E-state index in [1.807, 2.05) is 0 Å². The molecule has 0 aliphatic carbocycles. The smallest absolute Gasteiger partial charge is 0.436 e. The summed E-state index contributed by atoms with van der Waals surface area (Å²) in [5.41, 5.74) is 5.65. The number of nitrogens with zero attached hydrogens (tertiary/aromatic N) is 4. The monoisotopic (exact) mass is 267 g/mol. The largest absolute Gasteiger partial charge is 0.451 e. The topological polar surface area (TPSA) is 105 Å². The average molecular weight is 267 g/mol. The molecule has 94 valence electrons. The maximum absolute atomic E-state index is 12.2. The number of aromatic nitrogens is 4. The highest BCUT2D eigenvalue weighted by Gasteiger charge is 2.23. The van der Waals surface area contributed by atoms with E-state index in [0.29, 0.717) is 11.7 Å². The van der Waals surface area contributed by atoms with Crippen LogP contribution in [0, 0.1) is 0 Å². The van der Waals surface area contributed by atoms with Gasteiger partial charge in [-0.1, -0.05) is 11.8 Å². The number of thioether (sulfide) groups is 1. The normalized spacial score (nSPS) is 13.8. The molecule has 1 aliphatic rings. The molecular weight excluding hydrogens is 258 g/mol. The van der Waals surface area contributed by atoms with E-state index in [2.05, 4.69) is 14.8 Å². The van der Waals surface area contributed by atoms with Gasteiger partial charge < -0.3 is 10.5 Å². The first-order chi connectivity index (χ1) is 8.63. The molecule has 0 fully saturated rings. The summed E-state index contributed by atoms with van der Waals surface area (Å²) in [6, 6.07) is 0. The number of hydrogen-bond donors (Lipinski definition) is 1. The van der Waals surface area contributed by atoms with E-state index in [4.69, 9.17) is 5.73 Å². The molecule has 0 saturated carbocycles. The molecule has 9 heteroatoms. The van der Waals surface area contributed by atoms with Gasteiger partial charge in [-0.25, -0.2) is 9.78 Å². The summed E-state index contributed by atoms with van der Waals surface area (Å²) >= 11 is 1.47. The van der Waals surface area contributed by atoms with Crippen LogP contribution in [-0.2, 0) is 11.3 Å². The molecule has 0 radical (unpaired) electrons. The van der Waals surface area contributed by atoms with E-state index in [1.165, 1.54) is 23.4 Å². The average Bonchev–Trinajstić information content (AvgIpc) is 2.94. The molecule has 8 nitrogen and oxygen atoms in total. The van der Waals surface area contributed by atoms with Crippen molar-refractivity contribution in [2.24, 2.45) is 0 Å². The lowest BCUT2D eigenvalue weighted by Gasteiger charge is -2.00. The molecule has 2 aromatic rings. The Kier molecular flexibility index (Phi) is 2.30. The molecule has 1 aliphatic heterocycles. The minimum Gasteiger partial charge on any atom is -0.451 e. The predicted molar refractivity (Wildman–Crippen MR) is 64.7 cm³/mol. The van der Waals surface area contributed by atoms with Gasteiger partial charge >= 0.3 is 6.09 Å². The third-order valence-corrected chi connectivity index (χ3v) is 3.64. The van der Waals surface area contributed by atoms with Crippen molar-refractivity contribution in [3.8, 4) is 0 Å². The fourth-order valence-electron chi connectivity index (χ4n) is 1.84. The highest BCUT2D eigenvalue weighted by atomic mass is 32.2. The minimum absolute atomic E-state index is 0.0402.